The summed E-state index contributed by atoms with van der Waals surface area (Å²) in [6.07, 6.45) is 2.55. The molecule has 0 aliphatic carbocycles. The molecule has 1 unspecified atom stereocenters. The first-order chi connectivity index (χ1) is 9.60. The van der Waals surface area contributed by atoms with E-state index in [1.807, 2.05) is 25.1 Å². The molecule has 1 fully saturated rings. The largest absolute Gasteiger partial charge is 0.494 e. The summed E-state index contributed by atoms with van der Waals surface area (Å²) in [5.74, 6) is 0.966. The van der Waals surface area contributed by atoms with E-state index in [0.717, 1.165) is 31.1 Å². The summed E-state index contributed by atoms with van der Waals surface area (Å²) in [6, 6.07) is 6.60. The lowest BCUT2D eigenvalue weighted by Crippen LogP contribution is -2.44. The second kappa shape index (κ2) is 6.95. The quantitative estimate of drug-likeness (QED) is 0.838. The normalized spacial score (nSPS) is 20.3. The van der Waals surface area contributed by atoms with Crippen molar-refractivity contribution < 1.29 is 4.74 Å². The summed E-state index contributed by atoms with van der Waals surface area (Å²) >= 11 is 0. The average Bonchev–Trinajstić information content (AvgIpc) is 2.42. The number of piperidine rings is 1. The number of nitrogen functional groups attached to an aromatic ring is 1. The van der Waals surface area contributed by atoms with Crippen LogP contribution >= 0.6 is 0 Å². The number of ether oxygens (including phenoxy) is 1. The zero-order valence-electron chi connectivity index (χ0n) is 12.9. The highest BCUT2D eigenvalue weighted by Crippen LogP contribution is 2.25. The molecule has 4 nitrogen and oxygen atoms in total. The van der Waals surface area contributed by atoms with E-state index in [2.05, 4.69) is 23.9 Å². The van der Waals surface area contributed by atoms with Crippen LogP contribution in [-0.4, -0.2) is 49.6 Å². The topological polar surface area (TPSA) is 41.7 Å². The lowest BCUT2D eigenvalue weighted by Gasteiger charge is -2.36. The van der Waals surface area contributed by atoms with Gasteiger partial charge < -0.3 is 15.4 Å². The predicted octanol–water partition coefficient (Wildman–Crippen LogP) is 2.19. The van der Waals surface area contributed by atoms with E-state index in [9.17, 15) is 0 Å². The van der Waals surface area contributed by atoms with Crippen LogP contribution in [0, 0.1) is 0 Å². The van der Waals surface area contributed by atoms with Crippen molar-refractivity contribution in [1.82, 2.24) is 9.80 Å². The molecule has 0 saturated carbocycles. The van der Waals surface area contributed by atoms with E-state index in [1.165, 1.54) is 18.4 Å². The van der Waals surface area contributed by atoms with E-state index in [1.54, 1.807) is 0 Å². The smallest absolute Gasteiger partial charge is 0.123 e. The molecule has 20 heavy (non-hydrogen) atoms. The molecule has 1 aromatic carbocycles. The molecule has 0 amide bonds. The first-order valence-corrected chi connectivity index (χ1v) is 7.50. The van der Waals surface area contributed by atoms with Gasteiger partial charge in [-0.25, -0.2) is 0 Å². The van der Waals surface area contributed by atoms with E-state index >= 15 is 0 Å². The van der Waals surface area contributed by atoms with E-state index in [4.69, 9.17) is 10.5 Å². The van der Waals surface area contributed by atoms with Crippen molar-refractivity contribution in [1.29, 1.82) is 0 Å². The molecule has 0 aromatic heterocycles. The van der Waals surface area contributed by atoms with Crippen LogP contribution in [0.4, 0.5) is 5.69 Å². The molecule has 1 saturated heterocycles. The number of hydrogen-bond acceptors (Lipinski definition) is 4. The molecule has 0 radical (unpaired) electrons. The summed E-state index contributed by atoms with van der Waals surface area (Å²) in [6.45, 7) is 5.91. The Morgan fingerprint density at radius 2 is 2.20 bits per heavy atom. The standard InChI is InChI=1S/C16H27N3O/c1-4-20-16-8-7-14(17)10-13(16)11-19-9-5-6-15(12-19)18(2)3/h7-8,10,15H,4-6,9,11-12,17H2,1-3H3. The molecule has 112 valence electrons. The number of benzene rings is 1. The molecule has 2 rings (SSSR count). The number of rotatable bonds is 5. The molecule has 1 aromatic rings. The molecule has 0 bridgehead atoms. The van der Waals surface area contributed by atoms with Crippen LogP contribution in [0.3, 0.4) is 0 Å². The SMILES string of the molecule is CCOc1ccc(N)cc1CN1CCCC(N(C)C)C1. The Balaban J connectivity index is 2.06. The Morgan fingerprint density at radius 3 is 2.90 bits per heavy atom. The third-order valence-electron chi connectivity index (χ3n) is 3.99. The fraction of sp³-hybridized carbons (Fsp3) is 0.625. The van der Waals surface area contributed by atoms with Gasteiger partial charge in [0.25, 0.3) is 0 Å². The average molecular weight is 277 g/mol. The van der Waals surface area contributed by atoms with Crippen molar-refractivity contribution in [3.05, 3.63) is 23.8 Å². The summed E-state index contributed by atoms with van der Waals surface area (Å²) in [4.78, 5) is 4.83. The number of hydrogen-bond donors (Lipinski definition) is 1. The Morgan fingerprint density at radius 1 is 1.40 bits per heavy atom. The molecule has 1 heterocycles. The first kappa shape index (κ1) is 15.1. The number of nitrogens with two attached hydrogens (primary N) is 1. The second-order valence-electron chi connectivity index (χ2n) is 5.79. The minimum absolute atomic E-state index is 0.653. The highest BCUT2D eigenvalue weighted by Gasteiger charge is 2.22. The predicted molar refractivity (Wildman–Crippen MR) is 84.0 cm³/mol. The van der Waals surface area contributed by atoms with Gasteiger partial charge in [0.05, 0.1) is 6.61 Å². The Bertz CT molecular complexity index is 434. The van der Waals surface area contributed by atoms with Crippen LogP contribution in [0.1, 0.15) is 25.3 Å². The maximum Gasteiger partial charge on any atom is 0.123 e. The van der Waals surface area contributed by atoms with E-state index in [0.29, 0.717) is 12.6 Å². The molecule has 1 aliphatic heterocycles. The fourth-order valence-corrected chi connectivity index (χ4v) is 2.86. The molecular formula is C16H27N3O. The maximum absolute atomic E-state index is 5.92. The summed E-state index contributed by atoms with van der Waals surface area (Å²) in [7, 11) is 4.33. The minimum Gasteiger partial charge on any atom is -0.494 e. The third-order valence-corrected chi connectivity index (χ3v) is 3.99. The Hall–Kier alpha value is -1.26. The highest BCUT2D eigenvalue weighted by atomic mass is 16.5. The van der Waals surface area contributed by atoms with Crippen molar-refractivity contribution in [3.8, 4) is 5.75 Å². The van der Waals surface area contributed by atoms with E-state index < -0.39 is 0 Å². The number of likely N-dealkylation sites (N-methyl/N-ethyl adjacent to an activating group) is 1. The molecule has 1 aliphatic rings. The summed E-state index contributed by atoms with van der Waals surface area (Å²) < 4.78 is 5.72. The van der Waals surface area contributed by atoms with Gasteiger partial charge in [0.15, 0.2) is 0 Å². The highest BCUT2D eigenvalue weighted by molar-refractivity contribution is 5.47. The Labute approximate surface area is 122 Å². The van der Waals surface area contributed by atoms with Gasteiger partial charge in [-0.3, -0.25) is 4.90 Å². The molecular weight excluding hydrogens is 250 g/mol. The van der Waals surface area contributed by atoms with Gasteiger partial charge in [0.2, 0.25) is 0 Å². The van der Waals surface area contributed by atoms with Crippen LogP contribution in [0.2, 0.25) is 0 Å². The Kier molecular flexibility index (Phi) is 5.26. The molecule has 4 heteroatoms. The number of likely N-dealkylation sites (tertiary alicyclic amines) is 1. The van der Waals surface area contributed by atoms with Gasteiger partial charge in [-0.1, -0.05) is 0 Å². The third kappa shape index (κ3) is 3.87. The van der Waals surface area contributed by atoms with Crippen molar-refractivity contribution in [3.63, 3.8) is 0 Å². The van der Waals surface area contributed by atoms with Crippen LogP contribution in [0.5, 0.6) is 5.75 Å². The van der Waals surface area contributed by atoms with E-state index in [-0.39, 0.29) is 0 Å². The van der Waals surface area contributed by atoms with Crippen LogP contribution in [0.15, 0.2) is 18.2 Å². The second-order valence-corrected chi connectivity index (χ2v) is 5.79. The molecule has 0 spiro atoms. The van der Waals surface area contributed by atoms with Crippen LogP contribution in [-0.2, 0) is 6.54 Å². The lowest BCUT2D eigenvalue weighted by atomic mass is 10.0. The van der Waals surface area contributed by atoms with Crippen LogP contribution in [0.25, 0.3) is 0 Å². The monoisotopic (exact) mass is 277 g/mol. The number of anilines is 1. The maximum atomic E-state index is 5.92. The van der Waals surface area contributed by atoms with Crippen molar-refractivity contribution in [2.24, 2.45) is 0 Å². The zero-order valence-corrected chi connectivity index (χ0v) is 12.9. The van der Waals surface area contributed by atoms with Crippen molar-refractivity contribution in [2.75, 3.05) is 39.5 Å². The molecule has 1 atom stereocenters. The van der Waals surface area contributed by atoms with Gasteiger partial charge in [-0.2, -0.15) is 0 Å². The van der Waals surface area contributed by atoms with Gasteiger partial charge in [-0.15, -0.1) is 0 Å². The summed E-state index contributed by atoms with van der Waals surface area (Å²) in [5.41, 5.74) is 7.93. The number of nitrogens with zero attached hydrogens (tertiary/aromatic N) is 2. The van der Waals surface area contributed by atoms with Crippen LogP contribution < -0.4 is 10.5 Å². The summed E-state index contributed by atoms with van der Waals surface area (Å²) in [5, 5.41) is 0. The minimum atomic E-state index is 0.653. The molecule has 2 N–H and O–H groups in total. The van der Waals surface area contributed by atoms with Crippen molar-refractivity contribution >= 4 is 5.69 Å². The fourth-order valence-electron chi connectivity index (χ4n) is 2.86. The van der Waals surface area contributed by atoms with Gasteiger partial charge in [0, 0.05) is 30.4 Å². The van der Waals surface area contributed by atoms with Gasteiger partial charge >= 0.3 is 0 Å². The van der Waals surface area contributed by atoms with Crippen molar-refractivity contribution in [2.45, 2.75) is 32.4 Å². The lowest BCUT2D eigenvalue weighted by molar-refractivity contribution is 0.127. The zero-order chi connectivity index (χ0) is 14.5. The van der Waals surface area contributed by atoms with Gasteiger partial charge in [0.1, 0.15) is 5.75 Å². The first-order valence-electron chi connectivity index (χ1n) is 7.50. The van der Waals surface area contributed by atoms with Gasteiger partial charge in [-0.05, 0) is 58.6 Å².